The van der Waals surface area contributed by atoms with Crippen molar-refractivity contribution in [2.24, 2.45) is 0 Å². The van der Waals surface area contributed by atoms with Crippen LogP contribution in [0.25, 0.3) is 10.2 Å². The Balaban J connectivity index is 1.80. The van der Waals surface area contributed by atoms with Crippen molar-refractivity contribution in [3.05, 3.63) is 39.3 Å². The quantitative estimate of drug-likeness (QED) is 0.727. The van der Waals surface area contributed by atoms with Gasteiger partial charge in [-0.2, -0.15) is 0 Å². The molecule has 3 aromatic rings. The van der Waals surface area contributed by atoms with Gasteiger partial charge in [0, 0.05) is 18.1 Å². The van der Waals surface area contributed by atoms with Crippen molar-refractivity contribution in [1.29, 1.82) is 0 Å². The van der Waals surface area contributed by atoms with E-state index in [-0.39, 0.29) is 6.04 Å². The molecular weight excluding hydrogens is 312 g/mol. The number of para-hydroxylation sites is 1. The lowest BCUT2D eigenvalue weighted by Crippen LogP contribution is -2.22. The van der Waals surface area contributed by atoms with E-state index in [1.807, 2.05) is 25.2 Å². The van der Waals surface area contributed by atoms with E-state index >= 15 is 0 Å². The van der Waals surface area contributed by atoms with Gasteiger partial charge < -0.3 is 0 Å². The van der Waals surface area contributed by atoms with Crippen molar-refractivity contribution in [2.45, 2.75) is 19.5 Å². The largest absolute Gasteiger partial charge is 0.291 e. The minimum atomic E-state index is 0.213. The highest BCUT2D eigenvalue weighted by atomic mass is 35.5. The number of aromatic nitrogens is 3. The number of nitrogens with zero attached hydrogens (tertiary/aromatic N) is 4. The number of hydrogen-bond donors (Lipinski definition) is 0. The molecule has 20 heavy (non-hydrogen) atoms. The first-order valence-corrected chi connectivity index (χ1v) is 8.14. The van der Waals surface area contributed by atoms with Crippen molar-refractivity contribution in [2.75, 3.05) is 7.05 Å². The number of hydrogen-bond acceptors (Lipinski definition) is 6. The molecule has 0 saturated heterocycles. The van der Waals surface area contributed by atoms with Gasteiger partial charge in [0.15, 0.2) is 0 Å². The Morgan fingerprint density at radius 3 is 2.85 bits per heavy atom. The van der Waals surface area contributed by atoms with Crippen molar-refractivity contribution in [3.8, 4) is 0 Å². The third-order valence-corrected chi connectivity index (χ3v) is 5.43. The number of benzene rings is 1. The molecule has 0 N–H and O–H groups in total. The predicted octanol–water partition coefficient (Wildman–Crippen LogP) is 3.99. The van der Waals surface area contributed by atoms with Gasteiger partial charge in [-0.15, -0.1) is 16.4 Å². The average molecular weight is 325 g/mol. The van der Waals surface area contributed by atoms with Crippen LogP contribution in [0, 0.1) is 0 Å². The lowest BCUT2D eigenvalue weighted by Gasteiger charge is -2.21. The van der Waals surface area contributed by atoms with Crippen LogP contribution in [0.2, 0.25) is 4.34 Å². The minimum Gasteiger partial charge on any atom is -0.291 e. The molecule has 0 radical (unpaired) electrons. The van der Waals surface area contributed by atoms with Gasteiger partial charge in [-0.05, 0) is 26.1 Å². The summed E-state index contributed by atoms with van der Waals surface area (Å²) in [6.07, 6.45) is 0. The maximum absolute atomic E-state index is 6.05. The van der Waals surface area contributed by atoms with Crippen LogP contribution in [-0.2, 0) is 6.54 Å². The van der Waals surface area contributed by atoms with Crippen LogP contribution < -0.4 is 0 Å². The highest BCUT2D eigenvalue weighted by Crippen LogP contribution is 2.30. The summed E-state index contributed by atoms with van der Waals surface area (Å²) in [7, 11) is 2.05. The van der Waals surface area contributed by atoms with Crippen molar-refractivity contribution in [3.63, 3.8) is 0 Å². The van der Waals surface area contributed by atoms with Gasteiger partial charge in [-0.25, -0.2) is 4.98 Å². The van der Waals surface area contributed by atoms with Gasteiger partial charge in [-0.1, -0.05) is 28.2 Å². The fraction of sp³-hybridized carbons (Fsp3) is 0.308. The lowest BCUT2D eigenvalue weighted by atomic mass is 10.3. The van der Waals surface area contributed by atoms with Gasteiger partial charge in [0.1, 0.15) is 15.0 Å². The Hall–Kier alpha value is -1.08. The van der Waals surface area contributed by atoms with E-state index in [1.165, 1.54) is 16.2 Å². The van der Waals surface area contributed by atoms with Crippen LogP contribution in [0.3, 0.4) is 0 Å². The van der Waals surface area contributed by atoms with Gasteiger partial charge in [0.25, 0.3) is 0 Å². The van der Waals surface area contributed by atoms with Crippen molar-refractivity contribution < 1.29 is 0 Å². The third kappa shape index (κ3) is 2.69. The normalized spacial score (nSPS) is 13.2. The zero-order valence-electron chi connectivity index (χ0n) is 11.1. The van der Waals surface area contributed by atoms with Gasteiger partial charge in [0.05, 0.1) is 16.3 Å². The molecule has 0 fully saturated rings. The Labute approximate surface area is 130 Å². The predicted molar refractivity (Wildman–Crippen MR) is 84.4 cm³/mol. The fourth-order valence-corrected chi connectivity index (χ4v) is 3.62. The standard InChI is InChI=1S/C13H13ClN4S2/c1-8(18(2)7-10-12(14)20-17-16-10)13-15-9-5-3-4-6-11(9)19-13/h3-6,8H,7H2,1-2H3/t8-/m0/s1. The first kappa shape index (κ1) is 13.9. The van der Waals surface area contributed by atoms with Crippen LogP contribution in [0.4, 0.5) is 0 Å². The van der Waals surface area contributed by atoms with Gasteiger partial charge >= 0.3 is 0 Å². The van der Waals surface area contributed by atoms with E-state index in [2.05, 4.69) is 27.5 Å². The summed E-state index contributed by atoms with van der Waals surface area (Å²) in [5.74, 6) is 0. The Kier molecular flexibility index (Phi) is 3.98. The first-order chi connectivity index (χ1) is 9.65. The summed E-state index contributed by atoms with van der Waals surface area (Å²) in [6.45, 7) is 2.82. The fourth-order valence-electron chi connectivity index (χ4n) is 1.92. The second-order valence-corrected chi connectivity index (χ2v) is 7.02. The Bertz CT molecular complexity index is 691. The van der Waals surface area contributed by atoms with E-state index in [0.717, 1.165) is 16.2 Å². The van der Waals surface area contributed by atoms with Crippen LogP contribution in [0.5, 0.6) is 0 Å². The number of fused-ring (bicyclic) bond motifs is 1. The van der Waals surface area contributed by atoms with Gasteiger partial charge in [0.2, 0.25) is 0 Å². The van der Waals surface area contributed by atoms with Crippen LogP contribution in [0.15, 0.2) is 24.3 Å². The summed E-state index contributed by atoms with van der Waals surface area (Å²) in [6, 6.07) is 8.42. The average Bonchev–Trinajstić information content (AvgIpc) is 3.04. The second-order valence-electron chi connectivity index (χ2n) is 4.60. The minimum absolute atomic E-state index is 0.213. The summed E-state index contributed by atoms with van der Waals surface area (Å²) in [5, 5.41) is 5.16. The molecule has 7 heteroatoms. The highest BCUT2D eigenvalue weighted by Gasteiger charge is 2.18. The smallest absolute Gasteiger partial charge is 0.138 e. The van der Waals surface area contributed by atoms with E-state index in [4.69, 9.17) is 16.6 Å². The molecular formula is C13H13ClN4S2. The molecule has 0 aliphatic carbocycles. The topological polar surface area (TPSA) is 41.9 Å². The van der Waals surface area contributed by atoms with E-state index in [0.29, 0.717) is 10.9 Å². The van der Waals surface area contributed by atoms with Gasteiger partial charge in [-0.3, -0.25) is 4.90 Å². The molecule has 0 unspecified atom stereocenters. The molecule has 104 valence electrons. The van der Waals surface area contributed by atoms with E-state index < -0.39 is 0 Å². The molecule has 0 aliphatic rings. The Morgan fingerprint density at radius 2 is 2.15 bits per heavy atom. The molecule has 1 aromatic carbocycles. The second kappa shape index (κ2) is 5.73. The summed E-state index contributed by atoms with van der Waals surface area (Å²) in [5.41, 5.74) is 1.88. The number of rotatable bonds is 4. The zero-order valence-corrected chi connectivity index (χ0v) is 13.5. The molecule has 0 bridgehead atoms. The van der Waals surface area contributed by atoms with E-state index in [1.54, 1.807) is 11.3 Å². The molecule has 4 nitrogen and oxygen atoms in total. The number of halogens is 1. The van der Waals surface area contributed by atoms with Crippen LogP contribution in [-0.4, -0.2) is 26.5 Å². The Morgan fingerprint density at radius 1 is 1.35 bits per heavy atom. The molecule has 0 saturated carbocycles. The molecule has 2 aromatic heterocycles. The molecule has 3 rings (SSSR count). The number of thiazole rings is 1. The molecule has 0 spiro atoms. The summed E-state index contributed by atoms with van der Waals surface area (Å²) < 4.78 is 5.74. The van der Waals surface area contributed by atoms with E-state index in [9.17, 15) is 0 Å². The zero-order chi connectivity index (χ0) is 14.1. The molecule has 1 atom stereocenters. The lowest BCUT2D eigenvalue weighted by molar-refractivity contribution is 0.250. The maximum Gasteiger partial charge on any atom is 0.138 e. The summed E-state index contributed by atoms with van der Waals surface area (Å²) in [4.78, 5) is 6.88. The van der Waals surface area contributed by atoms with Crippen molar-refractivity contribution >= 4 is 44.7 Å². The molecule has 2 heterocycles. The summed E-state index contributed by atoms with van der Waals surface area (Å²) >= 11 is 9.01. The first-order valence-electron chi connectivity index (χ1n) is 6.17. The SMILES string of the molecule is C[C@@H](c1nc2ccccc2s1)N(C)Cc1nnsc1Cl. The molecule has 0 aliphatic heterocycles. The van der Waals surface area contributed by atoms with Crippen LogP contribution >= 0.6 is 34.5 Å². The van der Waals surface area contributed by atoms with Crippen molar-refractivity contribution in [1.82, 2.24) is 19.5 Å². The molecule has 0 amide bonds. The maximum atomic E-state index is 6.05. The van der Waals surface area contributed by atoms with Crippen LogP contribution in [0.1, 0.15) is 23.7 Å². The monoisotopic (exact) mass is 324 g/mol. The highest BCUT2D eigenvalue weighted by molar-refractivity contribution is 7.18. The third-order valence-electron chi connectivity index (χ3n) is 3.24.